The largest absolute Gasteiger partial charge is 0.516 e. The van der Waals surface area contributed by atoms with Crippen molar-refractivity contribution in [2.24, 2.45) is 4.99 Å². The third-order valence-corrected chi connectivity index (χ3v) is 9.96. The normalized spacial score (nSPS) is 18.1. The maximum absolute atomic E-state index is 5.05. The second kappa shape index (κ2) is 15.5. The van der Waals surface area contributed by atoms with Crippen molar-refractivity contribution in [3.63, 3.8) is 0 Å². The molecule has 1 aromatic heterocycles. The van der Waals surface area contributed by atoms with Crippen LogP contribution >= 0.6 is 8.35 Å². The van der Waals surface area contributed by atoms with E-state index in [9.17, 15) is 0 Å². The summed E-state index contributed by atoms with van der Waals surface area (Å²) in [6.07, 6.45) is 14.1. The Morgan fingerprint density at radius 3 is 2.20 bits per heavy atom. The van der Waals surface area contributed by atoms with Gasteiger partial charge in [-0.15, -0.1) is 0 Å². The number of nitrogens with zero attached hydrogens (tertiary/aromatic N) is 7. The molecule has 1 aliphatic carbocycles. The van der Waals surface area contributed by atoms with E-state index in [0.29, 0.717) is 11.6 Å². The van der Waals surface area contributed by atoms with Crippen LogP contribution in [-0.2, 0) is 22.4 Å². The fraction of sp³-hybridized carbons (Fsp3) is 0.119. The fourth-order valence-electron chi connectivity index (χ4n) is 6.53. The molecule has 0 N–H and O–H groups in total. The number of fused-ring (bicyclic) bond motifs is 1. The maximum Gasteiger partial charge on any atom is 0.163 e. The Morgan fingerprint density at radius 1 is 0.765 bits per heavy atom. The van der Waals surface area contributed by atoms with Crippen LogP contribution in [0.25, 0.3) is 39.1 Å². The average molecular weight is 762 g/mol. The Morgan fingerprint density at radius 2 is 1.45 bits per heavy atom. The van der Waals surface area contributed by atoms with Gasteiger partial charge in [-0.25, -0.2) is 19.9 Å². The third kappa shape index (κ3) is 7.40. The van der Waals surface area contributed by atoms with Crippen LogP contribution in [0.1, 0.15) is 41.3 Å². The SMILES string of the molecule is C=C1/C=C(/c2cccc(-c3nc(-c4ccccc4)nc(C4C=CC=CC4)n3)c2)CCN(c2ccccc2C2=P[N-]N(C)C=N2)c2ccccc21.[Nb]. The first kappa shape index (κ1) is 34.4. The molecule has 1 unspecified atom stereocenters. The molecule has 51 heavy (non-hydrogen) atoms. The first-order chi connectivity index (χ1) is 24.6. The third-order valence-electron chi connectivity index (χ3n) is 9.05. The van der Waals surface area contributed by atoms with Gasteiger partial charge in [0.15, 0.2) is 11.6 Å². The molecule has 0 saturated heterocycles. The van der Waals surface area contributed by atoms with E-state index < -0.39 is 0 Å². The van der Waals surface area contributed by atoms with Gasteiger partial charge in [-0.05, 0) is 54.8 Å². The van der Waals surface area contributed by atoms with Gasteiger partial charge in [0.2, 0.25) is 0 Å². The summed E-state index contributed by atoms with van der Waals surface area (Å²) in [5, 5.41) is 6.31. The minimum Gasteiger partial charge on any atom is -0.516 e. The molecule has 0 bridgehead atoms. The van der Waals surface area contributed by atoms with Gasteiger partial charge >= 0.3 is 0 Å². The maximum atomic E-state index is 5.05. The Balaban J connectivity index is 0.00000406. The van der Waals surface area contributed by atoms with Gasteiger partial charge in [-0.2, -0.15) is 8.35 Å². The second-order valence-corrected chi connectivity index (χ2v) is 13.2. The number of para-hydroxylation sites is 2. The molecule has 0 fully saturated rings. The summed E-state index contributed by atoms with van der Waals surface area (Å²) >= 11 is 0. The van der Waals surface area contributed by atoms with Crippen molar-refractivity contribution in [2.45, 2.75) is 18.8 Å². The van der Waals surface area contributed by atoms with Gasteiger partial charge in [0.1, 0.15) is 5.82 Å². The van der Waals surface area contributed by atoms with Gasteiger partial charge in [0.25, 0.3) is 0 Å². The second-order valence-electron chi connectivity index (χ2n) is 12.4. The summed E-state index contributed by atoms with van der Waals surface area (Å²) in [6, 6.07) is 35.7. The van der Waals surface area contributed by atoms with Crippen molar-refractivity contribution in [1.29, 1.82) is 0 Å². The summed E-state index contributed by atoms with van der Waals surface area (Å²) in [5.74, 6) is 2.24. The molecule has 1 atom stereocenters. The zero-order chi connectivity index (χ0) is 33.9. The predicted molar refractivity (Wildman–Crippen MR) is 208 cm³/mol. The van der Waals surface area contributed by atoms with E-state index >= 15 is 0 Å². The minimum absolute atomic E-state index is 0. The first-order valence-electron chi connectivity index (χ1n) is 16.8. The van der Waals surface area contributed by atoms with Crippen LogP contribution in [0.4, 0.5) is 11.4 Å². The summed E-state index contributed by atoms with van der Waals surface area (Å²) in [6.45, 7) is 5.33. The summed E-state index contributed by atoms with van der Waals surface area (Å²) in [4.78, 5) is 22.2. The van der Waals surface area contributed by atoms with Gasteiger partial charge in [-0.3, -0.25) is 0 Å². The molecule has 9 heteroatoms. The molecule has 0 saturated carbocycles. The van der Waals surface area contributed by atoms with Crippen LogP contribution < -0.4 is 4.90 Å². The summed E-state index contributed by atoms with van der Waals surface area (Å²) < 4.78 is 0. The van der Waals surface area contributed by atoms with Gasteiger partial charge in [0, 0.05) is 62.8 Å². The minimum atomic E-state index is 0. The first-order valence-corrected chi connectivity index (χ1v) is 17.6. The van der Waals surface area contributed by atoms with Gasteiger partial charge in [0.05, 0.1) is 17.4 Å². The number of aromatic nitrogens is 3. The van der Waals surface area contributed by atoms with Crippen LogP contribution in [-0.4, -0.2) is 45.3 Å². The van der Waals surface area contributed by atoms with Crippen molar-refractivity contribution in [1.82, 2.24) is 20.0 Å². The Labute approximate surface area is 316 Å². The van der Waals surface area contributed by atoms with E-state index in [1.54, 1.807) is 11.3 Å². The van der Waals surface area contributed by atoms with Crippen molar-refractivity contribution in [2.75, 3.05) is 18.5 Å². The fourth-order valence-corrected chi connectivity index (χ4v) is 7.20. The molecular formula is C42H35N7NbP-. The number of allylic oxidation sites excluding steroid dienone is 6. The molecule has 8 rings (SSSR count). The molecule has 0 spiro atoms. The van der Waals surface area contributed by atoms with Crippen LogP contribution in [0.5, 0.6) is 0 Å². The summed E-state index contributed by atoms with van der Waals surface area (Å²) in [5.41, 5.74) is 10.5. The van der Waals surface area contributed by atoms with E-state index in [1.165, 1.54) is 5.57 Å². The molecular weight excluding hydrogens is 726 g/mol. The number of benzene rings is 4. The molecule has 2 aliphatic heterocycles. The van der Waals surface area contributed by atoms with Crippen LogP contribution in [0.3, 0.4) is 0 Å². The van der Waals surface area contributed by atoms with Crippen molar-refractivity contribution >= 4 is 42.6 Å². The number of aliphatic imine (C=N–C) groups is 1. The Kier molecular flexibility index (Phi) is 10.5. The molecule has 1 radical (unpaired) electrons. The quantitative estimate of drug-likeness (QED) is 0.127. The predicted octanol–water partition coefficient (Wildman–Crippen LogP) is 10.0. The summed E-state index contributed by atoms with van der Waals surface area (Å²) in [7, 11) is 2.72. The topological polar surface area (TPSA) is 71.6 Å². The van der Waals surface area contributed by atoms with E-state index in [-0.39, 0.29) is 28.3 Å². The van der Waals surface area contributed by atoms with E-state index in [4.69, 9.17) is 19.9 Å². The van der Waals surface area contributed by atoms with Crippen LogP contribution in [0, 0.1) is 0 Å². The smallest absolute Gasteiger partial charge is 0.163 e. The van der Waals surface area contributed by atoms with Crippen molar-refractivity contribution in [3.8, 4) is 22.8 Å². The zero-order valence-corrected chi connectivity index (χ0v) is 31.3. The number of hydrogen-bond acceptors (Lipinski definition) is 6. The Hall–Kier alpha value is -5.01. The number of anilines is 2. The Bertz CT molecular complexity index is 2240. The van der Waals surface area contributed by atoms with E-state index in [0.717, 1.165) is 83.7 Å². The monoisotopic (exact) mass is 761 g/mol. The molecule has 4 aromatic carbocycles. The average Bonchev–Trinajstić information content (AvgIpc) is 3.18. The van der Waals surface area contributed by atoms with Gasteiger partial charge in [-0.1, -0.05) is 122 Å². The molecule has 3 aliphatic rings. The molecule has 249 valence electrons. The van der Waals surface area contributed by atoms with E-state index in [2.05, 4.69) is 132 Å². The number of hydrogen-bond donors (Lipinski definition) is 0. The van der Waals surface area contributed by atoms with Gasteiger partial charge < -0.3 is 15.1 Å². The standard InChI is InChI=1S/C42H35N7P.Nb/c1-29-26-33(24-25-49(37-22-11-9-20-35(29)37)38-23-12-10-21-36(38)42-43-28-48(2)47-50-42)32-18-13-19-34(27-32)41-45-39(30-14-5-3-6-15-30)44-40(46-41)31-16-7-4-8-17-31;/h3-16,18-23,26-28,31H,1,17,24-25H2,2H3;/q-1;/b33-26+;. The molecule has 0 amide bonds. The van der Waals surface area contributed by atoms with Crippen LogP contribution in [0.15, 0.2) is 145 Å². The van der Waals surface area contributed by atoms with Crippen LogP contribution in [0.2, 0.25) is 0 Å². The van der Waals surface area contributed by atoms with E-state index in [1.807, 2.05) is 25.2 Å². The number of rotatable bonds is 6. The molecule has 5 aromatic rings. The zero-order valence-electron chi connectivity index (χ0n) is 28.2. The molecule has 3 heterocycles. The molecule has 7 nitrogen and oxygen atoms in total. The van der Waals surface area contributed by atoms with Crippen molar-refractivity contribution in [3.05, 3.63) is 168 Å². The van der Waals surface area contributed by atoms with Crippen molar-refractivity contribution < 1.29 is 22.4 Å².